The molecule has 0 aliphatic carbocycles. The number of aliphatic carboxylic acids is 1. The van der Waals surface area contributed by atoms with E-state index in [0.29, 0.717) is 22.7 Å². The molecule has 84 valence electrons. The summed E-state index contributed by atoms with van der Waals surface area (Å²) in [4.78, 5) is 14.8. The Labute approximate surface area is 91.9 Å². The maximum atomic E-state index is 10.6. The van der Waals surface area contributed by atoms with Crippen molar-refractivity contribution in [1.82, 2.24) is 4.98 Å². The Bertz CT molecular complexity index is 533. The number of carbonyl (C=O) groups is 1. The molecule has 5 heteroatoms. The number of benzene rings is 1. The second-order valence-electron chi connectivity index (χ2n) is 3.75. The van der Waals surface area contributed by atoms with Crippen molar-refractivity contribution >= 4 is 22.8 Å². The summed E-state index contributed by atoms with van der Waals surface area (Å²) >= 11 is 0. The molecule has 0 amide bonds. The fourth-order valence-electron chi connectivity index (χ4n) is 1.55. The lowest BCUT2D eigenvalue weighted by Gasteiger charge is -2.01. The van der Waals surface area contributed by atoms with Gasteiger partial charge in [-0.2, -0.15) is 0 Å². The van der Waals surface area contributed by atoms with Gasteiger partial charge in [0.2, 0.25) is 0 Å². The van der Waals surface area contributed by atoms with Crippen LogP contribution in [0.4, 0.5) is 5.69 Å². The molecule has 3 N–H and O–H groups in total. The third-order valence-corrected chi connectivity index (χ3v) is 2.36. The highest BCUT2D eigenvalue weighted by molar-refractivity contribution is 5.84. The molecule has 0 aliphatic rings. The molecule has 2 aromatic rings. The van der Waals surface area contributed by atoms with Gasteiger partial charge in [0, 0.05) is 5.92 Å². The third-order valence-electron chi connectivity index (χ3n) is 2.36. The first kappa shape index (κ1) is 10.5. The van der Waals surface area contributed by atoms with Crippen LogP contribution in [0.1, 0.15) is 25.2 Å². The van der Waals surface area contributed by atoms with Gasteiger partial charge in [-0.05, 0) is 12.1 Å². The van der Waals surface area contributed by atoms with E-state index in [9.17, 15) is 4.79 Å². The molecule has 1 aromatic carbocycles. The molecule has 1 atom stereocenters. The normalized spacial score (nSPS) is 12.8. The Morgan fingerprint density at radius 3 is 3.00 bits per heavy atom. The minimum absolute atomic E-state index is 0.00722. The van der Waals surface area contributed by atoms with Crippen LogP contribution in [-0.2, 0) is 4.79 Å². The highest BCUT2D eigenvalue weighted by Crippen LogP contribution is 2.26. The van der Waals surface area contributed by atoms with Gasteiger partial charge < -0.3 is 15.3 Å². The Morgan fingerprint density at radius 2 is 2.38 bits per heavy atom. The lowest BCUT2D eigenvalue weighted by Crippen LogP contribution is -2.02. The SMILES string of the molecule is CC(CC(=O)O)c1nc2cccc(N)c2o1. The van der Waals surface area contributed by atoms with Crippen LogP contribution >= 0.6 is 0 Å². The predicted octanol–water partition coefficient (Wildman–Crippen LogP) is 1.99. The van der Waals surface area contributed by atoms with Crippen molar-refractivity contribution in [3.63, 3.8) is 0 Å². The second kappa shape index (κ2) is 3.84. The second-order valence-corrected chi connectivity index (χ2v) is 3.75. The standard InChI is InChI=1S/C11H12N2O3/c1-6(5-9(14)15)11-13-8-4-2-3-7(12)10(8)16-11/h2-4,6H,5,12H2,1H3,(H,14,15). The molecular formula is C11H12N2O3. The summed E-state index contributed by atoms with van der Waals surface area (Å²) in [5.41, 5.74) is 7.42. The van der Waals surface area contributed by atoms with Gasteiger partial charge in [-0.25, -0.2) is 4.98 Å². The summed E-state index contributed by atoms with van der Waals surface area (Å²) in [6, 6.07) is 5.29. The van der Waals surface area contributed by atoms with E-state index in [4.69, 9.17) is 15.3 Å². The highest BCUT2D eigenvalue weighted by atomic mass is 16.4. The monoisotopic (exact) mass is 220 g/mol. The molecular weight excluding hydrogens is 208 g/mol. The van der Waals surface area contributed by atoms with Gasteiger partial charge in [0.25, 0.3) is 0 Å². The first-order valence-corrected chi connectivity index (χ1v) is 4.94. The fourth-order valence-corrected chi connectivity index (χ4v) is 1.55. The van der Waals surface area contributed by atoms with Crippen LogP contribution in [0.5, 0.6) is 0 Å². The third kappa shape index (κ3) is 1.84. The number of carboxylic acid groups (broad SMARTS) is 1. The van der Waals surface area contributed by atoms with Crippen LogP contribution in [0.2, 0.25) is 0 Å². The average molecular weight is 220 g/mol. The number of oxazole rings is 1. The maximum absolute atomic E-state index is 10.6. The van der Waals surface area contributed by atoms with Crippen molar-refractivity contribution < 1.29 is 14.3 Å². The van der Waals surface area contributed by atoms with E-state index in [1.807, 2.05) is 0 Å². The van der Waals surface area contributed by atoms with Crippen molar-refractivity contribution in [1.29, 1.82) is 0 Å². The minimum Gasteiger partial charge on any atom is -0.481 e. The van der Waals surface area contributed by atoms with Crippen LogP contribution in [0.15, 0.2) is 22.6 Å². The number of para-hydroxylation sites is 1. The van der Waals surface area contributed by atoms with Gasteiger partial charge in [0.15, 0.2) is 11.5 Å². The topological polar surface area (TPSA) is 89.3 Å². The van der Waals surface area contributed by atoms with E-state index in [-0.39, 0.29) is 12.3 Å². The molecule has 0 saturated heterocycles. The molecule has 1 aromatic heterocycles. The fraction of sp³-hybridized carbons (Fsp3) is 0.273. The van der Waals surface area contributed by atoms with E-state index in [1.54, 1.807) is 25.1 Å². The van der Waals surface area contributed by atoms with Crippen LogP contribution < -0.4 is 5.73 Å². The number of anilines is 1. The van der Waals surface area contributed by atoms with Crippen molar-refractivity contribution in [2.24, 2.45) is 0 Å². The zero-order valence-corrected chi connectivity index (χ0v) is 8.80. The zero-order valence-electron chi connectivity index (χ0n) is 8.80. The molecule has 0 aliphatic heterocycles. The Morgan fingerprint density at radius 1 is 1.62 bits per heavy atom. The van der Waals surface area contributed by atoms with Gasteiger partial charge in [-0.1, -0.05) is 13.0 Å². The van der Waals surface area contributed by atoms with Crippen molar-refractivity contribution in [3.8, 4) is 0 Å². The lowest BCUT2D eigenvalue weighted by molar-refractivity contribution is -0.137. The van der Waals surface area contributed by atoms with Crippen LogP contribution in [0.25, 0.3) is 11.1 Å². The number of rotatable bonds is 3. The largest absolute Gasteiger partial charge is 0.481 e. The van der Waals surface area contributed by atoms with E-state index >= 15 is 0 Å². The van der Waals surface area contributed by atoms with Crippen molar-refractivity contribution in [3.05, 3.63) is 24.1 Å². The van der Waals surface area contributed by atoms with Gasteiger partial charge in [0.1, 0.15) is 5.52 Å². The maximum Gasteiger partial charge on any atom is 0.304 e. The van der Waals surface area contributed by atoms with Crippen LogP contribution in [-0.4, -0.2) is 16.1 Å². The molecule has 0 fully saturated rings. The molecule has 1 heterocycles. The van der Waals surface area contributed by atoms with Gasteiger partial charge in [0.05, 0.1) is 12.1 Å². The van der Waals surface area contributed by atoms with E-state index in [1.165, 1.54) is 0 Å². The molecule has 0 bridgehead atoms. The number of carboxylic acids is 1. The van der Waals surface area contributed by atoms with Crippen LogP contribution in [0.3, 0.4) is 0 Å². The number of aromatic nitrogens is 1. The molecule has 0 radical (unpaired) electrons. The Balaban J connectivity index is 2.39. The predicted molar refractivity (Wildman–Crippen MR) is 59.1 cm³/mol. The van der Waals surface area contributed by atoms with Crippen molar-refractivity contribution in [2.45, 2.75) is 19.3 Å². The molecule has 2 rings (SSSR count). The smallest absolute Gasteiger partial charge is 0.304 e. The number of nitrogens with two attached hydrogens (primary N) is 1. The number of hydrogen-bond acceptors (Lipinski definition) is 4. The van der Waals surface area contributed by atoms with Gasteiger partial charge >= 0.3 is 5.97 Å². The molecule has 5 nitrogen and oxygen atoms in total. The van der Waals surface area contributed by atoms with Gasteiger partial charge in [-0.15, -0.1) is 0 Å². The number of nitrogen functional groups attached to an aromatic ring is 1. The molecule has 0 spiro atoms. The first-order valence-electron chi connectivity index (χ1n) is 4.94. The van der Waals surface area contributed by atoms with E-state index in [2.05, 4.69) is 4.98 Å². The number of hydrogen-bond donors (Lipinski definition) is 2. The van der Waals surface area contributed by atoms with Crippen LogP contribution in [0, 0.1) is 0 Å². The molecule has 16 heavy (non-hydrogen) atoms. The quantitative estimate of drug-likeness (QED) is 0.772. The van der Waals surface area contributed by atoms with E-state index in [0.717, 1.165) is 0 Å². The minimum atomic E-state index is -0.872. The summed E-state index contributed by atoms with van der Waals surface area (Å²) in [7, 11) is 0. The first-order chi connectivity index (χ1) is 7.58. The lowest BCUT2D eigenvalue weighted by atomic mass is 10.1. The number of fused-ring (bicyclic) bond motifs is 1. The summed E-state index contributed by atoms with van der Waals surface area (Å²) < 4.78 is 5.46. The highest BCUT2D eigenvalue weighted by Gasteiger charge is 2.17. The summed E-state index contributed by atoms with van der Waals surface area (Å²) in [5, 5.41) is 8.68. The summed E-state index contributed by atoms with van der Waals surface area (Å²) in [6.45, 7) is 1.76. The summed E-state index contributed by atoms with van der Waals surface area (Å²) in [5.74, 6) is -0.720. The summed E-state index contributed by atoms with van der Waals surface area (Å²) in [6.07, 6.45) is -0.00722. The van der Waals surface area contributed by atoms with Crippen molar-refractivity contribution in [2.75, 3.05) is 5.73 Å². The average Bonchev–Trinajstić information content (AvgIpc) is 2.61. The molecule has 0 saturated carbocycles. The van der Waals surface area contributed by atoms with E-state index < -0.39 is 5.97 Å². The Kier molecular flexibility index (Phi) is 2.52. The van der Waals surface area contributed by atoms with Gasteiger partial charge in [-0.3, -0.25) is 4.79 Å². The molecule has 1 unspecified atom stereocenters. The Hall–Kier alpha value is -2.04. The zero-order chi connectivity index (χ0) is 11.7. The number of nitrogens with zero attached hydrogens (tertiary/aromatic N) is 1.